The Morgan fingerprint density at radius 1 is 1.90 bits per heavy atom. The lowest BCUT2D eigenvalue weighted by Crippen LogP contribution is -1.90. The monoisotopic (exact) mass is 141 g/mol. The fourth-order valence-corrected chi connectivity index (χ4v) is 0.481. The Morgan fingerprint density at radius 2 is 2.60 bits per heavy atom. The van der Waals surface area contributed by atoms with Crippen LogP contribution in [-0.4, -0.2) is 15.0 Å². The van der Waals surface area contributed by atoms with Gasteiger partial charge in [0.1, 0.15) is 7.54 Å². The second-order valence-corrected chi connectivity index (χ2v) is 1.54. The van der Waals surface area contributed by atoms with E-state index in [9.17, 15) is 10.1 Å². The predicted molar refractivity (Wildman–Crippen MR) is 32.6 cm³/mol. The van der Waals surface area contributed by atoms with Crippen molar-refractivity contribution < 1.29 is 11.4 Å². The molecule has 0 aliphatic rings. The Kier molecular flexibility index (Phi) is 1.19. The van der Waals surface area contributed by atoms with Crippen LogP contribution in [0, 0.1) is 10.1 Å². The number of hydrogen-bond donors (Lipinski definition) is 1. The Bertz CT molecular complexity index is 302. The van der Waals surface area contributed by atoms with Gasteiger partial charge in [-0.15, -0.1) is 0 Å². The number of rotatable bonds is 1. The topological polar surface area (TPSA) is 76.3 Å². The molecule has 0 aliphatic carbocycles. The fourth-order valence-electron chi connectivity index (χ4n) is 0.481. The highest BCUT2D eigenvalue weighted by atomic mass is 16.6. The van der Waals surface area contributed by atoms with E-state index in [1.807, 2.05) is 0 Å². The van der Waals surface area contributed by atoms with E-state index in [0.717, 1.165) is 6.07 Å². The van der Waals surface area contributed by atoms with Gasteiger partial charge in [-0.2, -0.15) is 0 Å². The summed E-state index contributed by atoms with van der Waals surface area (Å²) in [5, 5.41) is 18.9. The van der Waals surface area contributed by atoms with Gasteiger partial charge in [-0.1, -0.05) is 0 Å². The molecule has 0 amide bonds. The molecule has 1 aromatic rings. The second kappa shape index (κ2) is 2.30. The summed E-state index contributed by atoms with van der Waals surface area (Å²) in [4.78, 5) is 12.4. The summed E-state index contributed by atoms with van der Waals surface area (Å²) >= 11 is 0. The third-order valence-electron chi connectivity index (χ3n) is 0.888. The molecule has 1 heterocycles. The molecular weight excluding hydrogens is 136 g/mol. The van der Waals surface area contributed by atoms with Crippen LogP contribution in [0.5, 0.6) is 5.75 Å². The van der Waals surface area contributed by atoms with Crippen molar-refractivity contribution in [2.24, 2.45) is 0 Å². The third-order valence-corrected chi connectivity index (χ3v) is 0.888. The molecule has 1 N–H and O–H groups in total. The Hall–Kier alpha value is -1.65. The molecule has 0 atom stereocenters. The molecule has 52 valence electrons. The molecule has 0 spiro atoms. The van der Waals surface area contributed by atoms with Gasteiger partial charge in [0, 0.05) is 0 Å². The zero-order valence-electron chi connectivity index (χ0n) is 5.81. The van der Waals surface area contributed by atoms with Gasteiger partial charge in [-0.3, -0.25) is 0 Å². The molecular formula is C5H4N2O3. The van der Waals surface area contributed by atoms with Crippen molar-refractivity contribution in [1.82, 2.24) is 4.98 Å². The van der Waals surface area contributed by atoms with Gasteiger partial charge in [0.05, 0.1) is 0 Å². The van der Waals surface area contributed by atoms with Gasteiger partial charge < -0.3 is 15.2 Å². The largest absolute Gasteiger partial charge is 0.501 e. The molecule has 5 nitrogen and oxygen atoms in total. The summed E-state index contributed by atoms with van der Waals surface area (Å²) in [7, 11) is 0. The van der Waals surface area contributed by atoms with Crippen molar-refractivity contribution in [3.8, 4) is 5.75 Å². The molecule has 0 saturated carbocycles. The lowest BCUT2D eigenvalue weighted by molar-refractivity contribution is -0.390. The average molecular weight is 141 g/mol. The van der Waals surface area contributed by atoms with Gasteiger partial charge in [-0.25, -0.2) is 0 Å². The summed E-state index contributed by atoms with van der Waals surface area (Å²) < 4.78 is 6.90. The summed E-state index contributed by atoms with van der Waals surface area (Å²) in [6, 6.07) is 2.23. The number of aromatic nitrogens is 1. The Morgan fingerprint density at radius 3 is 3.10 bits per heavy atom. The molecule has 0 bridgehead atoms. The first kappa shape index (κ1) is 5.16. The van der Waals surface area contributed by atoms with Crippen LogP contribution in [0.25, 0.3) is 0 Å². The van der Waals surface area contributed by atoms with Crippen LogP contribution >= 0.6 is 0 Å². The highest BCUT2D eigenvalue weighted by molar-refractivity contribution is 5.36. The summed E-state index contributed by atoms with van der Waals surface area (Å²) in [6.07, 6.45) is -0.241. The zero-order valence-corrected chi connectivity index (χ0v) is 4.81. The first-order valence-electron chi connectivity index (χ1n) is 2.92. The first-order chi connectivity index (χ1) is 5.11. The van der Waals surface area contributed by atoms with E-state index < -0.39 is 16.5 Å². The summed E-state index contributed by atoms with van der Waals surface area (Å²) in [6.45, 7) is 0. The van der Waals surface area contributed by atoms with Gasteiger partial charge in [-0.05, 0) is 22.0 Å². The van der Waals surface area contributed by atoms with Crippen molar-refractivity contribution >= 4 is 5.82 Å². The van der Waals surface area contributed by atoms with Crippen LogP contribution in [0.15, 0.2) is 18.3 Å². The molecule has 10 heavy (non-hydrogen) atoms. The second-order valence-electron chi connectivity index (χ2n) is 1.54. The fraction of sp³-hybridized carbons (Fsp3) is 0. The highest BCUT2D eigenvalue weighted by Gasteiger charge is 2.11. The predicted octanol–water partition coefficient (Wildman–Crippen LogP) is 0.695. The lowest BCUT2D eigenvalue weighted by Gasteiger charge is -1.91. The molecule has 0 fully saturated rings. The van der Waals surface area contributed by atoms with E-state index in [1.54, 1.807) is 0 Å². The van der Waals surface area contributed by atoms with Crippen molar-refractivity contribution in [3.63, 3.8) is 0 Å². The third kappa shape index (κ3) is 1.02. The number of pyridine rings is 1. The summed E-state index contributed by atoms with van der Waals surface area (Å²) in [5.41, 5.74) is 0. The van der Waals surface area contributed by atoms with Crippen molar-refractivity contribution in [2.45, 2.75) is 0 Å². The minimum atomic E-state index is -0.840. The van der Waals surface area contributed by atoms with E-state index in [1.165, 1.54) is 6.07 Å². The molecule has 0 unspecified atom stereocenters. The minimum absolute atomic E-state index is 0.241. The van der Waals surface area contributed by atoms with Crippen molar-refractivity contribution in [1.29, 1.82) is 0 Å². The van der Waals surface area contributed by atoms with Gasteiger partial charge in [0.15, 0.2) is 0 Å². The molecule has 0 aliphatic heterocycles. The van der Waals surface area contributed by atoms with E-state index >= 15 is 0 Å². The van der Waals surface area contributed by atoms with Crippen LogP contribution in [0.2, 0.25) is 0 Å². The maximum Gasteiger partial charge on any atom is 0.405 e. The van der Waals surface area contributed by atoms with Crippen molar-refractivity contribution in [3.05, 3.63) is 28.4 Å². The smallest absolute Gasteiger partial charge is 0.405 e. The van der Waals surface area contributed by atoms with E-state index in [-0.39, 0.29) is 6.17 Å². The van der Waals surface area contributed by atoms with Crippen LogP contribution in [-0.2, 0) is 0 Å². The zero-order chi connectivity index (χ0) is 8.43. The molecule has 0 radical (unpaired) electrons. The standard InChI is InChI=1S/C5H4N2O3/c8-4-2-1-3-6-5(4)7(9)10/h1-3,8H/i3D. The maximum atomic E-state index is 10.1. The average Bonchev–Trinajstić information content (AvgIpc) is 1.94. The van der Waals surface area contributed by atoms with Gasteiger partial charge in [0.25, 0.3) is 0 Å². The molecule has 1 aromatic heterocycles. The van der Waals surface area contributed by atoms with E-state index in [2.05, 4.69) is 4.98 Å². The number of aromatic hydroxyl groups is 1. The van der Waals surface area contributed by atoms with Crippen molar-refractivity contribution in [2.75, 3.05) is 0 Å². The van der Waals surface area contributed by atoms with Gasteiger partial charge >= 0.3 is 5.82 Å². The van der Waals surface area contributed by atoms with E-state index in [4.69, 9.17) is 6.48 Å². The Balaban J connectivity index is 3.23. The molecule has 5 heteroatoms. The van der Waals surface area contributed by atoms with E-state index in [0.29, 0.717) is 0 Å². The van der Waals surface area contributed by atoms with Crippen LogP contribution in [0.4, 0.5) is 5.82 Å². The lowest BCUT2D eigenvalue weighted by atomic mass is 10.4. The molecule has 1 rings (SSSR count). The normalized spacial score (nSPS) is 10.6. The summed E-state index contributed by atoms with van der Waals surface area (Å²) in [5.74, 6) is -1.21. The number of nitrogens with zero attached hydrogens (tertiary/aromatic N) is 2. The van der Waals surface area contributed by atoms with Crippen LogP contribution in [0.1, 0.15) is 1.37 Å². The van der Waals surface area contributed by atoms with Crippen LogP contribution in [0.3, 0.4) is 0 Å². The first-order valence-corrected chi connectivity index (χ1v) is 2.42. The quantitative estimate of drug-likeness (QED) is 0.461. The van der Waals surface area contributed by atoms with Gasteiger partial charge in [0.2, 0.25) is 5.75 Å². The molecule has 0 saturated heterocycles. The maximum absolute atomic E-state index is 10.1. The minimum Gasteiger partial charge on any atom is -0.501 e. The Labute approximate surface area is 57.5 Å². The molecule has 0 aromatic carbocycles. The SMILES string of the molecule is [2H]c1ccc(O)c([N+](=O)[O-])n1. The van der Waals surface area contributed by atoms with Crippen LogP contribution < -0.4 is 0 Å². The highest BCUT2D eigenvalue weighted by Crippen LogP contribution is 2.19. The number of nitro groups is 1. The number of hydrogen-bond acceptors (Lipinski definition) is 4.